The molecule has 0 amide bonds. The number of hydrogen-bond acceptors (Lipinski definition) is 4. The molecule has 1 aliphatic heterocycles. The van der Waals surface area contributed by atoms with Crippen molar-refractivity contribution in [3.8, 4) is 0 Å². The lowest BCUT2D eigenvalue weighted by molar-refractivity contribution is 0.112. The lowest BCUT2D eigenvalue weighted by Gasteiger charge is -2.29. The minimum atomic E-state index is 0.620. The molecule has 2 aromatic heterocycles. The summed E-state index contributed by atoms with van der Waals surface area (Å²) in [5.74, 6) is 2.00. The van der Waals surface area contributed by atoms with Gasteiger partial charge in [-0.2, -0.15) is 0 Å². The SMILES string of the molecule is Cc1cc(C=O)cnc1N1CCn2ccnc2C1. The molecular formula is C13H14N4O. The summed E-state index contributed by atoms with van der Waals surface area (Å²) < 4.78 is 2.16. The number of aromatic nitrogens is 3. The van der Waals surface area contributed by atoms with Crippen LogP contribution in [0, 0.1) is 6.92 Å². The Morgan fingerprint density at radius 2 is 2.22 bits per heavy atom. The molecule has 0 aromatic carbocycles. The van der Waals surface area contributed by atoms with Crippen LogP contribution in [0.3, 0.4) is 0 Å². The average Bonchev–Trinajstić information content (AvgIpc) is 2.85. The van der Waals surface area contributed by atoms with Crippen molar-refractivity contribution in [2.45, 2.75) is 20.0 Å². The predicted molar refractivity (Wildman–Crippen MR) is 67.6 cm³/mol. The van der Waals surface area contributed by atoms with Crippen LogP contribution in [0.15, 0.2) is 24.7 Å². The first-order chi connectivity index (χ1) is 8.78. The van der Waals surface area contributed by atoms with Gasteiger partial charge in [0.2, 0.25) is 0 Å². The molecule has 0 fully saturated rings. The molecule has 0 unspecified atom stereocenters. The zero-order chi connectivity index (χ0) is 12.5. The van der Waals surface area contributed by atoms with E-state index in [0.29, 0.717) is 5.56 Å². The van der Waals surface area contributed by atoms with Crippen LogP contribution in [0.1, 0.15) is 21.7 Å². The third-order valence-electron chi connectivity index (χ3n) is 3.25. The Hall–Kier alpha value is -2.17. The first-order valence-electron chi connectivity index (χ1n) is 5.94. The predicted octanol–water partition coefficient (Wildman–Crippen LogP) is 1.42. The normalized spacial score (nSPS) is 14.4. The highest BCUT2D eigenvalue weighted by atomic mass is 16.1. The second kappa shape index (κ2) is 4.25. The molecule has 2 aromatic rings. The van der Waals surface area contributed by atoms with Gasteiger partial charge in [0.1, 0.15) is 11.6 Å². The zero-order valence-electron chi connectivity index (χ0n) is 10.2. The van der Waals surface area contributed by atoms with Gasteiger partial charge in [-0.05, 0) is 18.6 Å². The van der Waals surface area contributed by atoms with E-state index in [1.807, 2.05) is 25.4 Å². The number of aldehydes is 1. The number of fused-ring (bicyclic) bond motifs is 1. The van der Waals surface area contributed by atoms with Gasteiger partial charge in [-0.25, -0.2) is 9.97 Å². The first kappa shape index (κ1) is 11.0. The number of anilines is 1. The Balaban J connectivity index is 1.90. The minimum Gasteiger partial charge on any atom is -0.347 e. The van der Waals surface area contributed by atoms with Crippen LogP contribution in [0.5, 0.6) is 0 Å². The number of aryl methyl sites for hydroxylation is 1. The second-order valence-electron chi connectivity index (χ2n) is 4.49. The van der Waals surface area contributed by atoms with Crippen molar-refractivity contribution in [1.82, 2.24) is 14.5 Å². The zero-order valence-corrected chi connectivity index (χ0v) is 10.2. The maximum absolute atomic E-state index is 10.7. The van der Waals surface area contributed by atoms with E-state index in [9.17, 15) is 4.79 Å². The van der Waals surface area contributed by atoms with Crippen molar-refractivity contribution in [1.29, 1.82) is 0 Å². The van der Waals surface area contributed by atoms with Crippen molar-refractivity contribution in [3.05, 3.63) is 41.6 Å². The number of rotatable bonds is 2. The van der Waals surface area contributed by atoms with Crippen LogP contribution in [0.2, 0.25) is 0 Å². The molecule has 0 saturated heterocycles. The Labute approximate surface area is 105 Å². The smallest absolute Gasteiger partial charge is 0.151 e. The summed E-state index contributed by atoms with van der Waals surface area (Å²) in [4.78, 5) is 21.6. The van der Waals surface area contributed by atoms with E-state index in [1.54, 1.807) is 6.20 Å². The monoisotopic (exact) mass is 242 g/mol. The minimum absolute atomic E-state index is 0.620. The molecule has 3 heterocycles. The van der Waals surface area contributed by atoms with Gasteiger partial charge in [0, 0.05) is 37.2 Å². The highest BCUT2D eigenvalue weighted by molar-refractivity contribution is 5.75. The van der Waals surface area contributed by atoms with Crippen LogP contribution in [0.25, 0.3) is 0 Å². The number of carbonyl (C=O) groups excluding carboxylic acids is 1. The van der Waals surface area contributed by atoms with Crippen LogP contribution >= 0.6 is 0 Å². The van der Waals surface area contributed by atoms with E-state index >= 15 is 0 Å². The Kier molecular flexibility index (Phi) is 2.59. The fourth-order valence-electron chi connectivity index (χ4n) is 2.34. The van der Waals surface area contributed by atoms with Crippen LogP contribution < -0.4 is 4.90 Å². The van der Waals surface area contributed by atoms with Crippen molar-refractivity contribution in [2.24, 2.45) is 0 Å². The molecule has 1 aliphatic rings. The highest BCUT2D eigenvalue weighted by Gasteiger charge is 2.19. The quantitative estimate of drug-likeness (QED) is 0.747. The van der Waals surface area contributed by atoms with Crippen LogP contribution in [-0.4, -0.2) is 27.4 Å². The standard InChI is InChI=1S/C13H14N4O/c1-10-6-11(9-18)7-15-13(10)17-5-4-16-3-2-14-12(16)8-17/h2-3,6-7,9H,4-5,8H2,1H3. The number of nitrogens with zero attached hydrogens (tertiary/aromatic N) is 4. The van der Waals surface area contributed by atoms with Gasteiger partial charge in [0.15, 0.2) is 6.29 Å². The van der Waals surface area contributed by atoms with E-state index in [1.165, 1.54) is 0 Å². The summed E-state index contributed by atoms with van der Waals surface area (Å²) in [6.07, 6.45) is 6.28. The maximum Gasteiger partial charge on any atom is 0.151 e. The fourth-order valence-corrected chi connectivity index (χ4v) is 2.34. The molecule has 0 radical (unpaired) electrons. The average molecular weight is 242 g/mol. The summed E-state index contributed by atoms with van der Waals surface area (Å²) in [6.45, 7) is 4.58. The van der Waals surface area contributed by atoms with Crippen LogP contribution in [-0.2, 0) is 13.1 Å². The highest BCUT2D eigenvalue weighted by Crippen LogP contribution is 2.21. The molecule has 0 aliphatic carbocycles. The summed E-state index contributed by atoms with van der Waals surface area (Å²) in [5.41, 5.74) is 1.65. The molecule has 0 spiro atoms. The lowest BCUT2D eigenvalue weighted by atomic mass is 10.2. The van der Waals surface area contributed by atoms with E-state index in [4.69, 9.17) is 0 Å². The van der Waals surface area contributed by atoms with Gasteiger partial charge in [-0.1, -0.05) is 0 Å². The fraction of sp³-hybridized carbons (Fsp3) is 0.308. The molecule has 92 valence electrons. The van der Waals surface area contributed by atoms with E-state index in [2.05, 4.69) is 19.4 Å². The Morgan fingerprint density at radius 3 is 3.00 bits per heavy atom. The third kappa shape index (κ3) is 1.77. The largest absolute Gasteiger partial charge is 0.347 e. The molecule has 0 saturated carbocycles. The van der Waals surface area contributed by atoms with Crippen molar-refractivity contribution >= 4 is 12.1 Å². The molecule has 0 N–H and O–H groups in total. The van der Waals surface area contributed by atoms with E-state index in [-0.39, 0.29) is 0 Å². The maximum atomic E-state index is 10.7. The number of imidazole rings is 1. The van der Waals surface area contributed by atoms with Gasteiger partial charge >= 0.3 is 0 Å². The summed E-state index contributed by atoms with van der Waals surface area (Å²) >= 11 is 0. The number of carbonyl (C=O) groups is 1. The molecule has 0 atom stereocenters. The van der Waals surface area contributed by atoms with Gasteiger partial charge in [-0.3, -0.25) is 4.79 Å². The molecule has 18 heavy (non-hydrogen) atoms. The lowest BCUT2D eigenvalue weighted by Crippen LogP contribution is -2.34. The number of hydrogen-bond donors (Lipinski definition) is 0. The number of pyridine rings is 1. The molecular weight excluding hydrogens is 228 g/mol. The van der Waals surface area contributed by atoms with E-state index in [0.717, 1.165) is 43.1 Å². The van der Waals surface area contributed by atoms with Gasteiger partial charge in [-0.15, -0.1) is 0 Å². The van der Waals surface area contributed by atoms with Crippen LogP contribution in [0.4, 0.5) is 5.82 Å². The van der Waals surface area contributed by atoms with Crippen molar-refractivity contribution in [2.75, 3.05) is 11.4 Å². The molecule has 5 heteroatoms. The van der Waals surface area contributed by atoms with Crippen molar-refractivity contribution in [3.63, 3.8) is 0 Å². The summed E-state index contributed by atoms with van der Waals surface area (Å²) in [7, 11) is 0. The molecule has 3 rings (SSSR count). The van der Waals surface area contributed by atoms with Gasteiger partial charge in [0.25, 0.3) is 0 Å². The Morgan fingerprint density at radius 1 is 1.33 bits per heavy atom. The third-order valence-corrected chi connectivity index (χ3v) is 3.25. The molecule has 5 nitrogen and oxygen atoms in total. The van der Waals surface area contributed by atoms with Crippen molar-refractivity contribution < 1.29 is 4.79 Å². The first-order valence-corrected chi connectivity index (χ1v) is 5.94. The summed E-state index contributed by atoms with van der Waals surface area (Å²) in [5, 5.41) is 0. The molecule has 0 bridgehead atoms. The van der Waals surface area contributed by atoms with Gasteiger partial charge < -0.3 is 9.47 Å². The second-order valence-corrected chi connectivity index (χ2v) is 4.49. The summed E-state index contributed by atoms with van der Waals surface area (Å²) in [6, 6.07) is 1.87. The Bertz CT molecular complexity index is 590. The topological polar surface area (TPSA) is 51.0 Å². The van der Waals surface area contributed by atoms with E-state index < -0.39 is 0 Å². The van der Waals surface area contributed by atoms with Gasteiger partial charge in [0.05, 0.1) is 6.54 Å².